The van der Waals surface area contributed by atoms with Gasteiger partial charge in [-0.15, -0.1) is 11.3 Å². The van der Waals surface area contributed by atoms with Crippen molar-refractivity contribution in [1.29, 1.82) is 0 Å². The minimum absolute atomic E-state index is 1.13. The van der Waals surface area contributed by atoms with Gasteiger partial charge < -0.3 is 4.90 Å². The second-order valence-electron chi connectivity index (χ2n) is 14.7. The average Bonchev–Trinajstić information content (AvgIpc) is 3.60. The van der Waals surface area contributed by atoms with Crippen LogP contribution in [0.15, 0.2) is 200 Å². The van der Waals surface area contributed by atoms with E-state index in [1.165, 1.54) is 108 Å². The predicted octanol–water partition coefficient (Wildman–Crippen LogP) is 16.1. The number of para-hydroxylation sites is 2. The third-order valence-electron chi connectivity index (χ3n) is 11.8. The minimum Gasteiger partial charge on any atom is -0.309 e. The Morgan fingerprint density at radius 3 is 1.27 bits per heavy atom. The van der Waals surface area contributed by atoms with E-state index in [-0.39, 0.29) is 0 Å². The quantitative estimate of drug-likeness (QED) is 0.163. The average molecular weight is 728 g/mol. The van der Waals surface area contributed by atoms with Crippen LogP contribution in [0.5, 0.6) is 0 Å². The zero-order chi connectivity index (χ0) is 36.7. The fraction of sp³-hybridized carbons (Fsp3) is 0. The van der Waals surface area contributed by atoms with Crippen molar-refractivity contribution >= 4 is 102 Å². The number of fused-ring (bicyclic) bond motifs is 19. The molecule has 0 fully saturated rings. The number of hydrogen-bond donors (Lipinski definition) is 0. The first kappa shape index (κ1) is 31.4. The molecule has 56 heavy (non-hydrogen) atoms. The molecule has 0 bridgehead atoms. The van der Waals surface area contributed by atoms with Gasteiger partial charge in [-0.05, 0) is 101 Å². The Hall–Kier alpha value is -7.00. The molecule has 0 saturated heterocycles. The third kappa shape index (κ3) is 4.54. The molecule has 1 aliphatic heterocycles. The van der Waals surface area contributed by atoms with Crippen molar-refractivity contribution in [1.82, 2.24) is 0 Å². The number of thiophene rings is 1. The van der Waals surface area contributed by atoms with Crippen LogP contribution in [0.2, 0.25) is 0 Å². The van der Waals surface area contributed by atoms with Crippen LogP contribution in [-0.4, -0.2) is 0 Å². The zero-order valence-corrected chi connectivity index (χ0v) is 31.2. The molecule has 0 unspecified atom stereocenters. The molecule has 11 aromatic rings. The number of hydrogen-bond acceptors (Lipinski definition) is 2. The van der Waals surface area contributed by atoms with Crippen molar-refractivity contribution in [3.05, 3.63) is 200 Å². The van der Waals surface area contributed by atoms with E-state index in [2.05, 4.69) is 205 Å². The minimum atomic E-state index is 1.13. The van der Waals surface area contributed by atoms with E-state index in [9.17, 15) is 0 Å². The lowest BCUT2D eigenvalue weighted by molar-refractivity contribution is 1.30. The lowest BCUT2D eigenvalue weighted by Crippen LogP contribution is -2.10. The van der Waals surface area contributed by atoms with Gasteiger partial charge in [-0.3, -0.25) is 0 Å². The molecule has 0 amide bonds. The highest BCUT2D eigenvalue weighted by atomic mass is 32.1. The van der Waals surface area contributed by atoms with Gasteiger partial charge in [0.15, 0.2) is 0 Å². The molecule has 1 nitrogen and oxygen atoms in total. The lowest BCUT2D eigenvalue weighted by atomic mass is 9.92. The summed E-state index contributed by atoms with van der Waals surface area (Å²) in [5.74, 6) is 0. The Bertz CT molecular complexity index is 3430. The molecular formula is C54H33NS. The van der Waals surface area contributed by atoms with Crippen LogP contribution in [0.1, 0.15) is 0 Å². The molecule has 1 aliphatic rings. The van der Waals surface area contributed by atoms with Gasteiger partial charge in [0.25, 0.3) is 0 Å². The maximum atomic E-state index is 2.48. The Kier molecular flexibility index (Phi) is 6.87. The summed E-state index contributed by atoms with van der Waals surface area (Å²) in [7, 11) is 0. The van der Waals surface area contributed by atoms with Crippen LogP contribution in [-0.2, 0) is 0 Å². The highest BCUT2D eigenvalue weighted by molar-refractivity contribution is 7.26. The van der Waals surface area contributed by atoms with Crippen LogP contribution in [0.3, 0.4) is 0 Å². The van der Waals surface area contributed by atoms with Gasteiger partial charge in [0, 0.05) is 37.0 Å². The van der Waals surface area contributed by atoms with Gasteiger partial charge in [0.1, 0.15) is 0 Å². The van der Waals surface area contributed by atoms with E-state index in [4.69, 9.17) is 0 Å². The smallest absolute Gasteiger partial charge is 0.0540 e. The van der Waals surface area contributed by atoms with Gasteiger partial charge in [-0.2, -0.15) is 0 Å². The first-order valence-electron chi connectivity index (χ1n) is 19.3. The second kappa shape index (κ2) is 12.3. The Labute approximate surface area is 328 Å². The predicted molar refractivity (Wildman–Crippen MR) is 244 cm³/mol. The molecule has 2 heteroatoms. The van der Waals surface area contributed by atoms with Crippen molar-refractivity contribution < 1.29 is 0 Å². The zero-order valence-electron chi connectivity index (χ0n) is 30.4. The second-order valence-corrected chi connectivity index (χ2v) is 15.8. The highest BCUT2D eigenvalue weighted by Crippen LogP contribution is 2.51. The summed E-state index contributed by atoms with van der Waals surface area (Å²) in [5.41, 5.74) is 8.41. The van der Waals surface area contributed by atoms with E-state index in [1.807, 2.05) is 11.3 Å². The lowest BCUT2D eigenvalue weighted by Gasteiger charge is -2.27. The normalized spacial score (nSPS) is 12.2. The van der Waals surface area contributed by atoms with Crippen LogP contribution in [0, 0.1) is 0 Å². The molecule has 1 aromatic heterocycles. The number of benzene rings is 9. The summed E-state index contributed by atoms with van der Waals surface area (Å²) < 4.78 is 2.61. The molecule has 0 aliphatic carbocycles. The van der Waals surface area contributed by atoms with Crippen molar-refractivity contribution in [2.24, 2.45) is 0 Å². The summed E-state index contributed by atoms with van der Waals surface area (Å²) in [6.07, 6.45) is 0. The van der Waals surface area contributed by atoms with Crippen molar-refractivity contribution in [2.45, 2.75) is 0 Å². The van der Waals surface area contributed by atoms with E-state index in [0.29, 0.717) is 0 Å². The maximum Gasteiger partial charge on any atom is 0.0540 e. The maximum absolute atomic E-state index is 2.48. The first-order chi connectivity index (χ1) is 27.8. The SMILES string of the molecule is c1ccc2c(c1)-c1ccccc1N(c1ccc3c4ccccc4c4ccccc4c4ccccc4c4c(ccc5sc6ccccc6c54)c3c1)c1ccccc1-2. The summed E-state index contributed by atoms with van der Waals surface area (Å²) >= 11 is 1.88. The van der Waals surface area contributed by atoms with Gasteiger partial charge in [-0.1, -0.05) is 164 Å². The van der Waals surface area contributed by atoms with E-state index in [0.717, 1.165) is 5.69 Å². The van der Waals surface area contributed by atoms with Gasteiger partial charge in [0.2, 0.25) is 0 Å². The molecule has 0 atom stereocenters. The topological polar surface area (TPSA) is 3.24 Å². The molecule has 0 N–H and O–H groups in total. The first-order valence-corrected chi connectivity index (χ1v) is 20.1. The summed E-state index contributed by atoms with van der Waals surface area (Å²) in [4.78, 5) is 2.48. The Balaban J connectivity index is 1.33. The summed E-state index contributed by atoms with van der Waals surface area (Å²) in [6, 6.07) is 74.4. The molecule has 0 spiro atoms. The molecule has 12 rings (SSSR count). The van der Waals surface area contributed by atoms with Crippen molar-refractivity contribution in [3.63, 3.8) is 0 Å². The third-order valence-corrected chi connectivity index (χ3v) is 12.9. The van der Waals surface area contributed by atoms with E-state index < -0.39 is 0 Å². The van der Waals surface area contributed by atoms with Gasteiger partial charge in [-0.25, -0.2) is 0 Å². The van der Waals surface area contributed by atoms with Gasteiger partial charge in [0.05, 0.1) is 11.4 Å². The Morgan fingerprint density at radius 2 is 0.679 bits per heavy atom. The fourth-order valence-corrected chi connectivity index (χ4v) is 10.6. The van der Waals surface area contributed by atoms with Crippen molar-refractivity contribution in [3.8, 4) is 22.3 Å². The molecule has 0 saturated carbocycles. The largest absolute Gasteiger partial charge is 0.309 e. The number of nitrogens with zero attached hydrogens (tertiary/aromatic N) is 1. The number of anilines is 3. The fourth-order valence-electron chi connectivity index (χ4n) is 9.45. The molecule has 2 heterocycles. The van der Waals surface area contributed by atoms with Crippen molar-refractivity contribution in [2.75, 3.05) is 4.90 Å². The van der Waals surface area contributed by atoms with Crippen LogP contribution >= 0.6 is 11.3 Å². The van der Waals surface area contributed by atoms with Crippen LogP contribution in [0.4, 0.5) is 17.1 Å². The van der Waals surface area contributed by atoms with E-state index in [1.54, 1.807) is 0 Å². The molecule has 10 aromatic carbocycles. The van der Waals surface area contributed by atoms with Gasteiger partial charge >= 0.3 is 0 Å². The monoisotopic (exact) mass is 727 g/mol. The van der Waals surface area contributed by atoms with Crippen LogP contribution < -0.4 is 4.90 Å². The number of rotatable bonds is 1. The molecule has 0 radical (unpaired) electrons. The highest BCUT2D eigenvalue weighted by Gasteiger charge is 2.26. The summed E-state index contributed by atoms with van der Waals surface area (Å²) in [5, 5.41) is 15.0. The molecular weight excluding hydrogens is 695 g/mol. The molecule has 260 valence electrons. The summed E-state index contributed by atoms with van der Waals surface area (Å²) in [6.45, 7) is 0. The van der Waals surface area contributed by atoms with E-state index >= 15 is 0 Å². The van der Waals surface area contributed by atoms with Crippen LogP contribution in [0.25, 0.3) is 96.3 Å². The Morgan fingerprint density at radius 1 is 0.268 bits per heavy atom. The standard InChI is InChI=1S/C54H33NS/c1-3-17-37-35(15-1)36-16-2-4-18-38(36)42-30-29-34(55-49-26-12-9-22-43(49)39-19-5-6-20-40(39)44-23-10-13-27-50(44)55)33-48(42)46-31-32-52-54(47-25-11-14-28-51(47)56-52)53(46)45-24-8-7-21-41(37)45/h1-33H.